The maximum Gasteiger partial charge on any atom is 0.0577 e. The molecular formula is C18H22BrN. The molecule has 20 heavy (non-hydrogen) atoms. The maximum absolute atomic E-state index is 3.61. The Morgan fingerprint density at radius 3 is 2.15 bits per heavy atom. The molecule has 0 saturated heterocycles. The van der Waals surface area contributed by atoms with Crippen LogP contribution in [0.1, 0.15) is 39.4 Å². The van der Waals surface area contributed by atoms with E-state index in [9.17, 15) is 0 Å². The van der Waals surface area contributed by atoms with Crippen LogP contribution >= 0.6 is 15.9 Å². The van der Waals surface area contributed by atoms with Gasteiger partial charge in [0.05, 0.1) is 6.04 Å². The Hall–Kier alpha value is -1.12. The lowest BCUT2D eigenvalue weighted by Gasteiger charge is -2.21. The molecule has 0 aromatic heterocycles. The van der Waals surface area contributed by atoms with E-state index in [1.165, 1.54) is 37.9 Å². The third-order valence-electron chi connectivity index (χ3n) is 4.01. The van der Waals surface area contributed by atoms with Crippen LogP contribution in [0, 0.1) is 27.7 Å². The Balaban J connectivity index is 2.52. The molecule has 1 atom stereocenters. The predicted octanol–water partition coefficient (Wildman–Crippen LogP) is 4.99. The number of hydrogen-bond acceptors (Lipinski definition) is 1. The molecule has 0 bridgehead atoms. The minimum absolute atomic E-state index is 0.237. The summed E-state index contributed by atoms with van der Waals surface area (Å²) < 4.78 is 1.17. The van der Waals surface area contributed by atoms with Gasteiger partial charge in [0.2, 0.25) is 0 Å². The van der Waals surface area contributed by atoms with Crippen LogP contribution in [-0.2, 0) is 0 Å². The van der Waals surface area contributed by atoms with Crippen molar-refractivity contribution >= 4 is 15.9 Å². The summed E-state index contributed by atoms with van der Waals surface area (Å²) in [4.78, 5) is 0. The molecule has 106 valence electrons. The summed E-state index contributed by atoms with van der Waals surface area (Å²) in [5, 5.41) is 3.45. The van der Waals surface area contributed by atoms with Crippen molar-refractivity contribution in [2.45, 2.75) is 33.7 Å². The second-order valence-electron chi connectivity index (χ2n) is 5.52. The van der Waals surface area contributed by atoms with Gasteiger partial charge in [-0.05, 0) is 74.2 Å². The van der Waals surface area contributed by atoms with Gasteiger partial charge in [0.25, 0.3) is 0 Å². The molecule has 0 heterocycles. The fourth-order valence-corrected chi connectivity index (χ4v) is 3.02. The Kier molecular flexibility index (Phi) is 4.66. The molecule has 0 aliphatic heterocycles. The first-order chi connectivity index (χ1) is 9.43. The van der Waals surface area contributed by atoms with Gasteiger partial charge in [-0.25, -0.2) is 0 Å². The van der Waals surface area contributed by atoms with E-state index in [2.05, 4.69) is 79.3 Å². The third-order valence-corrected chi connectivity index (χ3v) is 4.87. The molecule has 0 fully saturated rings. The van der Waals surface area contributed by atoms with Gasteiger partial charge in [-0.3, -0.25) is 0 Å². The van der Waals surface area contributed by atoms with E-state index in [1.54, 1.807) is 0 Å². The topological polar surface area (TPSA) is 12.0 Å². The SMILES string of the molecule is CNC(c1ccc(C)c(C)c1)c1cc(C)c(Br)cc1C. The minimum Gasteiger partial charge on any atom is -0.309 e. The Morgan fingerprint density at radius 2 is 1.55 bits per heavy atom. The quantitative estimate of drug-likeness (QED) is 0.835. The maximum atomic E-state index is 3.61. The zero-order valence-corrected chi connectivity index (χ0v) is 14.4. The average Bonchev–Trinajstić information content (AvgIpc) is 2.40. The Bertz CT molecular complexity index is 632. The van der Waals surface area contributed by atoms with Crippen LogP contribution < -0.4 is 5.32 Å². The normalized spacial score (nSPS) is 12.5. The molecule has 1 N–H and O–H groups in total. The molecule has 0 amide bonds. The molecule has 2 heteroatoms. The lowest BCUT2D eigenvalue weighted by Crippen LogP contribution is -2.19. The Morgan fingerprint density at radius 1 is 0.850 bits per heavy atom. The standard InChI is InChI=1S/C18H22BrN/c1-11-6-7-15(8-12(11)2)18(20-5)16-9-14(4)17(19)10-13(16)3/h6-10,18,20H,1-5H3. The van der Waals surface area contributed by atoms with Gasteiger partial charge < -0.3 is 5.32 Å². The van der Waals surface area contributed by atoms with E-state index in [0.717, 1.165) is 0 Å². The van der Waals surface area contributed by atoms with Gasteiger partial charge in [0.15, 0.2) is 0 Å². The van der Waals surface area contributed by atoms with Crippen LogP contribution in [0.25, 0.3) is 0 Å². The monoisotopic (exact) mass is 331 g/mol. The second-order valence-corrected chi connectivity index (χ2v) is 6.38. The summed E-state index contributed by atoms with van der Waals surface area (Å²) in [6.45, 7) is 8.64. The summed E-state index contributed by atoms with van der Waals surface area (Å²) in [5.74, 6) is 0. The number of nitrogens with one attached hydrogen (secondary N) is 1. The third kappa shape index (κ3) is 2.97. The van der Waals surface area contributed by atoms with Crippen LogP contribution in [0.3, 0.4) is 0 Å². The fraction of sp³-hybridized carbons (Fsp3) is 0.333. The Labute approximate surface area is 130 Å². The highest BCUT2D eigenvalue weighted by atomic mass is 79.9. The van der Waals surface area contributed by atoms with Gasteiger partial charge in [-0.1, -0.05) is 40.2 Å². The molecular weight excluding hydrogens is 310 g/mol. The van der Waals surface area contributed by atoms with Crippen LogP contribution in [-0.4, -0.2) is 7.05 Å². The lowest BCUT2D eigenvalue weighted by molar-refractivity contribution is 0.686. The second kappa shape index (κ2) is 6.11. The number of rotatable bonds is 3. The summed E-state index contributed by atoms with van der Waals surface area (Å²) in [6, 6.07) is 11.4. The summed E-state index contributed by atoms with van der Waals surface area (Å²) in [7, 11) is 2.02. The van der Waals surface area contributed by atoms with E-state index < -0.39 is 0 Å². The highest BCUT2D eigenvalue weighted by molar-refractivity contribution is 9.10. The minimum atomic E-state index is 0.237. The number of halogens is 1. The van der Waals surface area contributed by atoms with E-state index >= 15 is 0 Å². The molecule has 2 rings (SSSR count). The van der Waals surface area contributed by atoms with Gasteiger partial charge in [-0.15, -0.1) is 0 Å². The predicted molar refractivity (Wildman–Crippen MR) is 90.4 cm³/mol. The zero-order valence-electron chi connectivity index (χ0n) is 12.8. The van der Waals surface area contributed by atoms with Crippen molar-refractivity contribution in [2.75, 3.05) is 7.05 Å². The van der Waals surface area contributed by atoms with E-state index in [1.807, 2.05) is 7.05 Å². The van der Waals surface area contributed by atoms with Gasteiger partial charge >= 0.3 is 0 Å². The van der Waals surface area contributed by atoms with Crippen LogP contribution in [0.5, 0.6) is 0 Å². The molecule has 2 aromatic carbocycles. The van der Waals surface area contributed by atoms with Crippen molar-refractivity contribution < 1.29 is 0 Å². The van der Waals surface area contributed by atoms with E-state index in [-0.39, 0.29) is 6.04 Å². The van der Waals surface area contributed by atoms with Crippen molar-refractivity contribution in [3.8, 4) is 0 Å². The van der Waals surface area contributed by atoms with Crippen LogP contribution in [0.15, 0.2) is 34.8 Å². The number of hydrogen-bond donors (Lipinski definition) is 1. The first-order valence-corrected chi connectivity index (χ1v) is 7.74. The number of aryl methyl sites for hydroxylation is 4. The van der Waals surface area contributed by atoms with E-state index in [4.69, 9.17) is 0 Å². The summed E-state index contributed by atoms with van der Waals surface area (Å²) in [5.41, 5.74) is 7.92. The van der Waals surface area contributed by atoms with Crippen molar-refractivity contribution in [3.05, 3.63) is 68.2 Å². The molecule has 1 nitrogen and oxygen atoms in total. The van der Waals surface area contributed by atoms with Crippen molar-refractivity contribution in [1.29, 1.82) is 0 Å². The zero-order chi connectivity index (χ0) is 14.9. The van der Waals surface area contributed by atoms with Gasteiger partial charge in [0, 0.05) is 4.47 Å². The molecule has 0 aliphatic rings. The molecule has 0 saturated carbocycles. The summed E-state index contributed by atoms with van der Waals surface area (Å²) in [6.07, 6.45) is 0. The molecule has 0 spiro atoms. The highest BCUT2D eigenvalue weighted by Crippen LogP contribution is 2.30. The first-order valence-electron chi connectivity index (χ1n) is 6.95. The molecule has 0 aliphatic carbocycles. The summed E-state index contributed by atoms with van der Waals surface area (Å²) >= 11 is 3.61. The molecule has 0 radical (unpaired) electrons. The fourth-order valence-electron chi connectivity index (χ4n) is 2.56. The largest absolute Gasteiger partial charge is 0.309 e. The molecule has 2 aromatic rings. The average molecular weight is 332 g/mol. The van der Waals surface area contributed by atoms with Crippen molar-refractivity contribution in [2.24, 2.45) is 0 Å². The van der Waals surface area contributed by atoms with E-state index in [0.29, 0.717) is 0 Å². The van der Waals surface area contributed by atoms with Crippen LogP contribution in [0.4, 0.5) is 0 Å². The lowest BCUT2D eigenvalue weighted by atomic mass is 9.92. The van der Waals surface area contributed by atoms with Crippen molar-refractivity contribution in [3.63, 3.8) is 0 Å². The highest BCUT2D eigenvalue weighted by Gasteiger charge is 2.16. The van der Waals surface area contributed by atoms with Crippen molar-refractivity contribution in [1.82, 2.24) is 5.32 Å². The molecule has 1 unspecified atom stereocenters. The smallest absolute Gasteiger partial charge is 0.0577 e. The number of benzene rings is 2. The first kappa shape index (κ1) is 15.3. The van der Waals surface area contributed by atoms with Gasteiger partial charge in [-0.2, -0.15) is 0 Å². The van der Waals surface area contributed by atoms with Crippen LogP contribution in [0.2, 0.25) is 0 Å². The van der Waals surface area contributed by atoms with Gasteiger partial charge in [0.1, 0.15) is 0 Å².